The van der Waals surface area contributed by atoms with E-state index in [4.69, 9.17) is 0 Å². The van der Waals surface area contributed by atoms with Crippen LogP contribution in [0.15, 0.2) is 24.3 Å². The second-order valence-corrected chi connectivity index (χ2v) is 4.91. The van der Waals surface area contributed by atoms with E-state index in [0.29, 0.717) is 5.56 Å². The van der Waals surface area contributed by atoms with Gasteiger partial charge in [-0.25, -0.2) is 0 Å². The molecule has 1 aromatic rings. The Bertz CT molecular complexity index is 422. The molecule has 0 aromatic heterocycles. The van der Waals surface area contributed by atoms with Crippen molar-refractivity contribution in [3.8, 4) is 0 Å². The van der Waals surface area contributed by atoms with Crippen molar-refractivity contribution in [3.63, 3.8) is 0 Å². The van der Waals surface area contributed by atoms with Gasteiger partial charge in [0.15, 0.2) is 0 Å². The van der Waals surface area contributed by atoms with Gasteiger partial charge >= 0.3 is 0 Å². The van der Waals surface area contributed by atoms with Crippen LogP contribution in [-0.2, 0) is 4.79 Å². The largest absolute Gasteiger partial charge is 0.368 e. The van der Waals surface area contributed by atoms with E-state index in [1.807, 2.05) is 56.9 Å². The second kappa shape index (κ2) is 16.0. The molecule has 0 spiro atoms. The zero-order valence-corrected chi connectivity index (χ0v) is 16.6. The summed E-state index contributed by atoms with van der Waals surface area (Å²) in [6.45, 7) is 17.1. The van der Waals surface area contributed by atoms with Crippen LogP contribution in [-0.4, -0.2) is 43.3 Å². The molecule has 0 unspecified atom stereocenters. The first-order valence-electron chi connectivity index (χ1n) is 9.18. The average molecular weight is 337 g/mol. The predicted molar refractivity (Wildman–Crippen MR) is 105 cm³/mol. The van der Waals surface area contributed by atoms with Crippen molar-refractivity contribution in [1.82, 2.24) is 4.90 Å². The minimum absolute atomic E-state index is 0.140. The smallest absolute Gasteiger partial charge is 0.219 e. The first-order chi connectivity index (χ1) is 11.6. The van der Waals surface area contributed by atoms with E-state index in [-0.39, 0.29) is 5.91 Å². The number of nitrogens with zero attached hydrogens (tertiary/aromatic N) is 2. The number of carbonyl (C=O) groups is 2. The normalized spacial score (nSPS) is 12.5. The fourth-order valence-electron chi connectivity index (χ4n) is 2.04. The van der Waals surface area contributed by atoms with Gasteiger partial charge in [-0.15, -0.1) is 0 Å². The summed E-state index contributed by atoms with van der Waals surface area (Å²) < 4.78 is 0. The summed E-state index contributed by atoms with van der Waals surface area (Å²) in [5, 5.41) is 0. The van der Waals surface area contributed by atoms with Crippen molar-refractivity contribution < 1.29 is 9.59 Å². The second-order valence-electron chi connectivity index (χ2n) is 4.91. The number of carbonyl (C=O) groups excluding carboxylic acids is 2. The van der Waals surface area contributed by atoms with Gasteiger partial charge in [-0.2, -0.15) is 0 Å². The molecular formula is C20H36N2O2. The average Bonchev–Trinajstić information content (AvgIpc) is 2.66. The first-order valence-corrected chi connectivity index (χ1v) is 9.18. The molecule has 1 amide bonds. The van der Waals surface area contributed by atoms with Crippen LogP contribution in [0.2, 0.25) is 0 Å². The van der Waals surface area contributed by atoms with E-state index in [1.165, 1.54) is 6.42 Å². The van der Waals surface area contributed by atoms with E-state index < -0.39 is 0 Å². The van der Waals surface area contributed by atoms with Crippen LogP contribution in [0.3, 0.4) is 0 Å². The molecule has 4 nitrogen and oxygen atoms in total. The summed E-state index contributed by atoms with van der Waals surface area (Å²) in [6.07, 6.45) is 2.09. The highest BCUT2D eigenvalue weighted by molar-refractivity contribution is 5.76. The Morgan fingerprint density at radius 1 is 0.958 bits per heavy atom. The third-order valence-electron chi connectivity index (χ3n) is 3.12. The summed E-state index contributed by atoms with van der Waals surface area (Å²) in [6, 6.07) is 7.54. The van der Waals surface area contributed by atoms with Gasteiger partial charge in [-0.3, -0.25) is 9.59 Å². The van der Waals surface area contributed by atoms with Crippen LogP contribution in [0.5, 0.6) is 0 Å². The highest BCUT2D eigenvalue weighted by Crippen LogP contribution is 2.16. The maximum absolute atomic E-state index is 11.2. The Balaban J connectivity index is 0. The minimum Gasteiger partial charge on any atom is -0.368 e. The SMILES string of the molecule is CC.CC.CC(=O)N1CCN(c2ccc(C=O)cc2)CC1.CCC. The van der Waals surface area contributed by atoms with Crippen LogP contribution in [0.25, 0.3) is 0 Å². The van der Waals surface area contributed by atoms with E-state index in [9.17, 15) is 9.59 Å². The number of piperazine rings is 1. The van der Waals surface area contributed by atoms with E-state index in [2.05, 4.69) is 18.7 Å². The quantitative estimate of drug-likeness (QED) is 0.739. The van der Waals surface area contributed by atoms with Crippen molar-refractivity contribution >= 4 is 17.9 Å². The molecule has 2 rings (SSSR count). The number of hydrogen-bond donors (Lipinski definition) is 0. The van der Waals surface area contributed by atoms with Gasteiger partial charge in [-0.1, -0.05) is 48.0 Å². The van der Waals surface area contributed by atoms with Gasteiger partial charge in [0.2, 0.25) is 5.91 Å². The molecule has 1 aliphatic rings. The van der Waals surface area contributed by atoms with Gasteiger partial charge < -0.3 is 9.80 Å². The van der Waals surface area contributed by atoms with Crippen LogP contribution in [0.1, 0.15) is 65.2 Å². The molecule has 24 heavy (non-hydrogen) atoms. The van der Waals surface area contributed by atoms with Crippen molar-refractivity contribution in [1.29, 1.82) is 0 Å². The third kappa shape index (κ3) is 9.33. The Kier molecular flexibility index (Phi) is 16.3. The Hall–Kier alpha value is -1.84. The number of aldehydes is 1. The maximum atomic E-state index is 11.2. The highest BCUT2D eigenvalue weighted by Gasteiger charge is 2.18. The molecule has 0 radical (unpaired) electrons. The van der Waals surface area contributed by atoms with Crippen LogP contribution in [0.4, 0.5) is 5.69 Å². The standard InChI is InChI=1S/C13H16N2O2.C3H8.2C2H6/c1-11(17)14-6-8-15(9-7-14)13-4-2-12(10-16)3-5-13;1-3-2;2*1-2/h2-5,10H,6-9H2,1H3;3H2,1-2H3;2*1-2H3. The lowest BCUT2D eigenvalue weighted by Gasteiger charge is -2.35. The summed E-state index contributed by atoms with van der Waals surface area (Å²) in [7, 11) is 0. The summed E-state index contributed by atoms with van der Waals surface area (Å²) in [4.78, 5) is 25.8. The number of hydrogen-bond acceptors (Lipinski definition) is 3. The molecule has 1 heterocycles. The number of rotatable bonds is 2. The summed E-state index contributed by atoms with van der Waals surface area (Å²) >= 11 is 0. The van der Waals surface area contributed by atoms with E-state index in [0.717, 1.165) is 38.2 Å². The zero-order chi connectivity index (χ0) is 19.0. The molecule has 1 fully saturated rings. The van der Waals surface area contributed by atoms with E-state index in [1.54, 1.807) is 6.92 Å². The zero-order valence-electron chi connectivity index (χ0n) is 16.6. The third-order valence-corrected chi connectivity index (χ3v) is 3.12. The van der Waals surface area contributed by atoms with Crippen molar-refractivity contribution in [2.24, 2.45) is 0 Å². The van der Waals surface area contributed by atoms with E-state index >= 15 is 0 Å². The lowest BCUT2D eigenvalue weighted by molar-refractivity contribution is -0.129. The van der Waals surface area contributed by atoms with Gasteiger partial charge in [0.05, 0.1) is 0 Å². The Labute approximate surface area is 148 Å². The summed E-state index contributed by atoms with van der Waals surface area (Å²) in [5.74, 6) is 0.140. The molecule has 0 N–H and O–H groups in total. The molecule has 0 saturated carbocycles. The maximum Gasteiger partial charge on any atom is 0.219 e. The Morgan fingerprint density at radius 2 is 1.38 bits per heavy atom. The molecule has 0 bridgehead atoms. The van der Waals surface area contributed by atoms with Gasteiger partial charge in [0, 0.05) is 44.4 Å². The number of amides is 1. The lowest BCUT2D eigenvalue weighted by atomic mass is 10.2. The molecule has 0 atom stereocenters. The molecular weight excluding hydrogens is 300 g/mol. The number of anilines is 1. The summed E-state index contributed by atoms with van der Waals surface area (Å²) in [5.41, 5.74) is 1.80. The van der Waals surface area contributed by atoms with Gasteiger partial charge in [-0.05, 0) is 24.3 Å². The molecule has 4 heteroatoms. The topological polar surface area (TPSA) is 40.6 Å². The molecule has 1 aromatic carbocycles. The molecule has 138 valence electrons. The molecule has 0 aliphatic carbocycles. The monoisotopic (exact) mass is 336 g/mol. The van der Waals surface area contributed by atoms with Crippen LogP contribution >= 0.6 is 0 Å². The van der Waals surface area contributed by atoms with Gasteiger partial charge in [0.1, 0.15) is 6.29 Å². The minimum atomic E-state index is 0.140. The van der Waals surface area contributed by atoms with Crippen molar-refractivity contribution in [2.45, 2.75) is 54.9 Å². The highest BCUT2D eigenvalue weighted by atomic mass is 16.2. The van der Waals surface area contributed by atoms with Crippen molar-refractivity contribution in [2.75, 3.05) is 31.1 Å². The predicted octanol–water partition coefficient (Wildman–Crippen LogP) is 4.64. The Morgan fingerprint density at radius 3 is 1.71 bits per heavy atom. The van der Waals surface area contributed by atoms with Crippen molar-refractivity contribution in [3.05, 3.63) is 29.8 Å². The van der Waals surface area contributed by atoms with Gasteiger partial charge in [0.25, 0.3) is 0 Å². The molecule has 1 saturated heterocycles. The first kappa shape index (κ1) is 24.4. The fourth-order valence-corrected chi connectivity index (χ4v) is 2.04. The fraction of sp³-hybridized carbons (Fsp3) is 0.600. The lowest BCUT2D eigenvalue weighted by Crippen LogP contribution is -2.48. The van der Waals surface area contributed by atoms with Crippen LogP contribution < -0.4 is 4.90 Å². The van der Waals surface area contributed by atoms with Crippen LogP contribution in [0, 0.1) is 0 Å². The molecule has 1 aliphatic heterocycles. The number of benzene rings is 1.